The molecule has 3 heteroatoms. The molecule has 2 unspecified atom stereocenters. The fourth-order valence-corrected chi connectivity index (χ4v) is 0. The Kier molecular flexibility index (Phi) is 4.00. The lowest BCUT2D eigenvalue weighted by atomic mass is 11.7. The Hall–Kier alpha value is 0.530. The predicted molar refractivity (Wildman–Crippen MR) is 27.9 cm³/mol. The Morgan fingerprint density at radius 3 is 2.00 bits per heavy atom. The molecular weight excluding hydrogens is 88.0 g/mol. The highest BCUT2D eigenvalue weighted by molar-refractivity contribution is 7.38. The highest BCUT2D eigenvalue weighted by atomic mass is 31.0. The first-order valence-electron chi connectivity index (χ1n) is 0.850. The average Bonchev–Trinajstić information content (AvgIpc) is 1.37. The van der Waals surface area contributed by atoms with Crippen LogP contribution in [0.3, 0.4) is 0 Å². The summed E-state index contributed by atoms with van der Waals surface area (Å²) < 4.78 is 3.49. The van der Waals surface area contributed by atoms with Crippen LogP contribution >= 0.6 is 18.6 Å². The van der Waals surface area contributed by atoms with Gasteiger partial charge in [-0.15, -0.1) is 0 Å². The fraction of sp³-hybridized carbons (Fsp3) is 0. The molecule has 0 aromatic rings. The van der Waals surface area contributed by atoms with Crippen LogP contribution < -0.4 is 0 Å². The Bertz CT molecular complexity index is 21.2. The molecule has 0 aromatic heterocycles. The van der Waals surface area contributed by atoms with Gasteiger partial charge in [0, 0.05) is 5.96 Å². The van der Waals surface area contributed by atoms with Crippen molar-refractivity contribution in [2.45, 2.75) is 0 Å². The van der Waals surface area contributed by atoms with Crippen LogP contribution in [0.4, 0.5) is 0 Å². The summed E-state index contributed by atoms with van der Waals surface area (Å²) in [7, 11) is 4.55. The zero-order chi connectivity index (χ0) is 3.41. The molecule has 0 fully saturated rings. The minimum Gasteiger partial charge on any atom is -0.276 e. The maximum Gasteiger partial charge on any atom is 0.0195 e. The third-order valence-corrected chi connectivity index (χ3v) is 0.775. The van der Waals surface area contributed by atoms with Crippen molar-refractivity contribution in [3.8, 4) is 0 Å². The van der Waals surface area contributed by atoms with Crippen molar-refractivity contribution in [3.63, 3.8) is 0 Å². The summed E-state index contributed by atoms with van der Waals surface area (Å²) in [6.07, 6.45) is 0. The molecule has 0 aromatic carbocycles. The molecule has 2 atom stereocenters. The molecule has 0 heterocycles. The van der Waals surface area contributed by atoms with Gasteiger partial charge in [-0.2, -0.15) is 0 Å². The van der Waals surface area contributed by atoms with E-state index in [4.69, 9.17) is 0 Å². The van der Waals surface area contributed by atoms with Gasteiger partial charge < -0.3 is 0 Å². The van der Waals surface area contributed by atoms with Gasteiger partial charge in [-0.05, 0) is 9.39 Å². The van der Waals surface area contributed by atoms with E-state index in [0.29, 0.717) is 0 Å². The largest absolute Gasteiger partial charge is 0.276 e. The van der Waals surface area contributed by atoms with E-state index in [2.05, 4.69) is 23.4 Å². The maximum atomic E-state index is 3.49. The zero-order valence-corrected chi connectivity index (χ0v) is 4.49. The van der Waals surface area contributed by atoms with Gasteiger partial charge in [-0.25, -0.2) is 0 Å². The third-order valence-electron chi connectivity index (χ3n) is 0.0861. The SMILES string of the molecule is P/C=N/P. The Labute approximate surface area is 30.4 Å². The number of rotatable bonds is 0. The lowest BCUT2D eigenvalue weighted by molar-refractivity contribution is 2.04. The van der Waals surface area contributed by atoms with Crippen molar-refractivity contribution in [3.05, 3.63) is 0 Å². The Morgan fingerprint density at radius 2 is 2.00 bits per heavy atom. The smallest absolute Gasteiger partial charge is 0.0195 e. The quantitative estimate of drug-likeness (QED) is 0.308. The molecular formula is CH5NP2. The summed E-state index contributed by atoms with van der Waals surface area (Å²) >= 11 is 0. The van der Waals surface area contributed by atoms with E-state index in [1.54, 1.807) is 5.96 Å². The molecule has 0 saturated carbocycles. The topological polar surface area (TPSA) is 12.4 Å². The summed E-state index contributed by atoms with van der Waals surface area (Å²) in [5, 5.41) is 0. The van der Waals surface area contributed by atoms with Crippen molar-refractivity contribution in [1.29, 1.82) is 0 Å². The van der Waals surface area contributed by atoms with E-state index in [-0.39, 0.29) is 0 Å². The molecule has 1 nitrogen and oxygen atoms in total. The van der Waals surface area contributed by atoms with E-state index in [9.17, 15) is 0 Å². The third kappa shape index (κ3) is 2.53. The second kappa shape index (κ2) is 3.53. The molecule has 4 heavy (non-hydrogen) atoms. The standard InChI is InChI=1S/CH5NP2/c3-1-2-4/h1H,3-4H2/b2-1+. The predicted octanol–water partition coefficient (Wildman–Crippen LogP) is 0.680. The first-order chi connectivity index (χ1) is 1.91. The van der Waals surface area contributed by atoms with Crippen molar-refractivity contribution >= 4 is 24.6 Å². The highest BCUT2D eigenvalue weighted by Gasteiger charge is 1.32. The van der Waals surface area contributed by atoms with Gasteiger partial charge in [0.25, 0.3) is 0 Å². The number of hydrogen-bond acceptors (Lipinski definition) is 1. The highest BCUT2D eigenvalue weighted by Crippen LogP contribution is 1.78. The van der Waals surface area contributed by atoms with Gasteiger partial charge in [0.05, 0.1) is 0 Å². The van der Waals surface area contributed by atoms with Gasteiger partial charge in [-0.1, -0.05) is 9.24 Å². The van der Waals surface area contributed by atoms with Gasteiger partial charge in [0.15, 0.2) is 0 Å². The molecule has 0 saturated heterocycles. The van der Waals surface area contributed by atoms with Gasteiger partial charge >= 0.3 is 0 Å². The Balaban J connectivity index is 2.55. The minimum absolute atomic E-state index is 1.63. The maximum absolute atomic E-state index is 3.49. The molecule has 0 spiro atoms. The normalized spacial score (nSPS) is 9.50. The van der Waals surface area contributed by atoms with Crippen LogP contribution in [-0.4, -0.2) is 5.96 Å². The first kappa shape index (κ1) is 4.53. The molecule has 0 N–H and O–H groups in total. The second-order valence-corrected chi connectivity index (χ2v) is 0.894. The van der Waals surface area contributed by atoms with Crippen molar-refractivity contribution in [2.75, 3.05) is 0 Å². The molecule has 24 valence electrons. The number of nitrogens with zero attached hydrogens (tertiary/aromatic N) is 1. The van der Waals surface area contributed by atoms with Crippen LogP contribution in [0, 0.1) is 0 Å². The molecule has 0 amide bonds. The molecule has 0 aliphatic heterocycles. The lowest BCUT2D eigenvalue weighted by Gasteiger charge is -1.53. The fourth-order valence-electron chi connectivity index (χ4n) is 0. The molecule has 0 rings (SSSR count). The summed E-state index contributed by atoms with van der Waals surface area (Å²) in [5.41, 5.74) is 0. The summed E-state index contributed by atoms with van der Waals surface area (Å²) in [4.78, 5) is 0. The summed E-state index contributed by atoms with van der Waals surface area (Å²) in [6.45, 7) is 0. The van der Waals surface area contributed by atoms with Crippen molar-refractivity contribution in [1.82, 2.24) is 0 Å². The second-order valence-electron chi connectivity index (χ2n) is 0.298. The van der Waals surface area contributed by atoms with Crippen LogP contribution in [0.2, 0.25) is 0 Å². The monoisotopic (exact) mass is 93.0 g/mol. The summed E-state index contributed by atoms with van der Waals surface area (Å²) in [6, 6.07) is 0. The van der Waals surface area contributed by atoms with Gasteiger partial charge in [0.1, 0.15) is 0 Å². The molecule has 0 radical (unpaired) electrons. The van der Waals surface area contributed by atoms with Crippen LogP contribution in [0.1, 0.15) is 0 Å². The van der Waals surface area contributed by atoms with Crippen molar-refractivity contribution < 1.29 is 0 Å². The van der Waals surface area contributed by atoms with E-state index in [0.717, 1.165) is 0 Å². The Morgan fingerprint density at radius 1 is 1.75 bits per heavy atom. The van der Waals surface area contributed by atoms with Gasteiger partial charge in [0.2, 0.25) is 0 Å². The van der Waals surface area contributed by atoms with Crippen LogP contribution in [0.15, 0.2) is 4.76 Å². The van der Waals surface area contributed by atoms with E-state index < -0.39 is 0 Å². The van der Waals surface area contributed by atoms with E-state index in [1.807, 2.05) is 0 Å². The zero-order valence-electron chi connectivity index (χ0n) is 2.18. The summed E-state index contributed by atoms with van der Waals surface area (Å²) in [5.74, 6) is 1.63. The molecule has 0 aliphatic carbocycles. The van der Waals surface area contributed by atoms with Crippen LogP contribution in [0.5, 0.6) is 0 Å². The average molecular weight is 93.0 g/mol. The lowest BCUT2D eigenvalue weighted by Crippen LogP contribution is -1.26. The van der Waals surface area contributed by atoms with E-state index >= 15 is 0 Å². The van der Waals surface area contributed by atoms with E-state index in [1.165, 1.54) is 0 Å². The number of hydrogen-bond donors (Lipinski definition) is 0. The minimum atomic E-state index is 1.63. The van der Waals surface area contributed by atoms with Gasteiger partial charge in [-0.3, -0.25) is 4.76 Å². The molecule has 0 bridgehead atoms. The molecule has 0 aliphatic rings. The van der Waals surface area contributed by atoms with Crippen LogP contribution in [0.25, 0.3) is 0 Å². The first-order valence-corrected chi connectivity index (χ1v) is 2.03. The van der Waals surface area contributed by atoms with Crippen LogP contribution in [-0.2, 0) is 0 Å². The van der Waals surface area contributed by atoms with Crippen molar-refractivity contribution in [2.24, 2.45) is 4.76 Å².